The molecule has 0 spiro atoms. The maximum Gasteiger partial charge on any atom is 0.334 e. The van der Waals surface area contributed by atoms with E-state index in [-0.39, 0.29) is 18.6 Å². The van der Waals surface area contributed by atoms with Crippen molar-refractivity contribution in [2.75, 3.05) is 6.61 Å². The van der Waals surface area contributed by atoms with Gasteiger partial charge in [0.1, 0.15) is 19.0 Å². The first-order valence-corrected chi connectivity index (χ1v) is 7.26. The van der Waals surface area contributed by atoms with Crippen LogP contribution in [0.5, 0.6) is 0 Å². The first-order chi connectivity index (χ1) is 10.8. The minimum absolute atomic E-state index is 0.0700. The van der Waals surface area contributed by atoms with E-state index in [2.05, 4.69) is 19.7 Å². The summed E-state index contributed by atoms with van der Waals surface area (Å²) in [6, 6.07) is 0. The minimum atomic E-state index is -1.15. The van der Waals surface area contributed by atoms with Gasteiger partial charge in [0, 0.05) is 18.4 Å². The second-order valence-electron chi connectivity index (χ2n) is 6.04. The molecule has 124 valence electrons. The van der Waals surface area contributed by atoms with Crippen LogP contribution in [-0.2, 0) is 23.9 Å². The number of hydrogen-bond acceptors (Lipinski definition) is 6. The number of ether oxygens (including phenoxy) is 2. The first kappa shape index (κ1) is 17.1. The maximum absolute atomic E-state index is 11.8. The summed E-state index contributed by atoms with van der Waals surface area (Å²) in [6.45, 7) is 12.4. The topological polar surface area (TPSA) is 89.9 Å². The van der Waals surface area contributed by atoms with Crippen LogP contribution in [0.3, 0.4) is 0 Å². The molecule has 0 aromatic rings. The molecule has 0 aromatic heterocycles. The van der Waals surface area contributed by atoms with Gasteiger partial charge >= 0.3 is 11.9 Å². The van der Waals surface area contributed by atoms with Gasteiger partial charge in [-0.1, -0.05) is 19.2 Å². The molecule has 1 saturated carbocycles. The van der Waals surface area contributed by atoms with Crippen molar-refractivity contribution in [3.63, 3.8) is 0 Å². The molecule has 1 N–H and O–H groups in total. The van der Waals surface area contributed by atoms with Crippen LogP contribution in [0.2, 0.25) is 0 Å². The Morgan fingerprint density at radius 3 is 2.74 bits per heavy atom. The van der Waals surface area contributed by atoms with Crippen LogP contribution in [-0.4, -0.2) is 42.1 Å². The summed E-state index contributed by atoms with van der Waals surface area (Å²) in [5, 5.41) is 10.4. The van der Waals surface area contributed by atoms with Crippen molar-refractivity contribution in [1.82, 2.24) is 0 Å². The van der Waals surface area contributed by atoms with Gasteiger partial charge in [-0.25, -0.2) is 4.79 Å². The average Bonchev–Trinajstić information content (AvgIpc) is 2.80. The quantitative estimate of drug-likeness (QED) is 0.351. The molecule has 2 fully saturated rings. The second kappa shape index (κ2) is 6.12. The largest absolute Gasteiger partial charge is 0.461 e. The fourth-order valence-corrected chi connectivity index (χ4v) is 3.53. The SMILES string of the molecule is C=C[C@]1(C=O)C[C@H](O)[C@H]2C(=C)C(=O)O[C@@H]2[C@H]1C(=C)COC(C)=O. The highest BCUT2D eigenvalue weighted by Gasteiger charge is 2.58. The van der Waals surface area contributed by atoms with Crippen molar-refractivity contribution < 1.29 is 29.0 Å². The summed E-state index contributed by atoms with van der Waals surface area (Å²) in [5.74, 6) is -2.35. The third kappa shape index (κ3) is 2.74. The number of allylic oxidation sites excluding steroid dienone is 1. The van der Waals surface area contributed by atoms with Gasteiger partial charge in [-0.05, 0) is 12.0 Å². The molecule has 6 heteroatoms. The third-order valence-electron chi connectivity index (χ3n) is 4.65. The van der Waals surface area contributed by atoms with E-state index in [9.17, 15) is 19.5 Å². The molecule has 1 saturated heterocycles. The monoisotopic (exact) mass is 320 g/mol. The number of fused-ring (bicyclic) bond motifs is 1. The van der Waals surface area contributed by atoms with Crippen LogP contribution in [0, 0.1) is 17.3 Å². The van der Waals surface area contributed by atoms with E-state index in [1.54, 1.807) is 0 Å². The zero-order chi connectivity index (χ0) is 17.4. The maximum atomic E-state index is 11.8. The van der Waals surface area contributed by atoms with Gasteiger partial charge < -0.3 is 19.4 Å². The van der Waals surface area contributed by atoms with E-state index in [0.29, 0.717) is 11.9 Å². The summed E-state index contributed by atoms with van der Waals surface area (Å²) < 4.78 is 10.3. The van der Waals surface area contributed by atoms with E-state index >= 15 is 0 Å². The van der Waals surface area contributed by atoms with Gasteiger partial charge in [0.2, 0.25) is 0 Å². The Labute approximate surface area is 134 Å². The smallest absolute Gasteiger partial charge is 0.334 e. The zero-order valence-electron chi connectivity index (χ0n) is 13.0. The van der Waals surface area contributed by atoms with E-state index in [1.165, 1.54) is 13.0 Å². The summed E-state index contributed by atoms with van der Waals surface area (Å²) >= 11 is 0. The van der Waals surface area contributed by atoms with Crippen LogP contribution in [0.1, 0.15) is 13.3 Å². The van der Waals surface area contributed by atoms with Crippen LogP contribution < -0.4 is 0 Å². The molecular weight excluding hydrogens is 300 g/mol. The predicted molar refractivity (Wildman–Crippen MR) is 81.1 cm³/mol. The predicted octanol–water partition coefficient (Wildman–Crippen LogP) is 0.956. The number of esters is 2. The Morgan fingerprint density at radius 2 is 2.22 bits per heavy atom. The summed E-state index contributed by atoms with van der Waals surface area (Å²) in [4.78, 5) is 34.6. The van der Waals surface area contributed by atoms with Gasteiger partial charge in [-0.3, -0.25) is 4.79 Å². The van der Waals surface area contributed by atoms with Crippen molar-refractivity contribution in [2.45, 2.75) is 25.6 Å². The second-order valence-corrected chi connectivity index (χ2v) is 6.04. The summed E-state index contributed by atoms with van der Waals surface area (Å²) in [5.41, 5.74) is -0.546. The number of rotatable bonds is 5. The van der Waals surface area contributed by atoms with Crippen LogP contribution in [0.4, 0.5) is 0 Å². The molecule has 2 rings (SSSR count). The van der Waals surface area contributed by atoms with Crippen molar-refractivity contribution >= 4 is 18.2 Å². The standard InChI is InChI=1S/C17H20O6/c1-5-17(8-18)6-12(20)13-10(3)16(21)23-15(13)14(17)9(2)7-22-11(4)19/h5,8,12-15,20H,1-3,6-7H2,4H3/t12-,13+,14+,15-,17+/m0/s1. The first-order valence-electron chi connectivity index (χ1n) is 7.26. The molecule has 0 radical (unpaired) electrons. The number of carbonyl (C=O) groups excluding carboxylic acids is 3. The Morgan fingerprint density at radius 1 is 1.57 bits per heavy atom. The molecule has 0 amide bonds. The third-order valence-corrected chi connectivity index (χ3v) is 4.65. The lowest BCUT2D eigenvalue weighted by atomic mass is 9.59. The Kier molecular flexibility index (Phi) is 4.56. The fourth-order valence-electron chi connectivity index (χ4n) is 3.53. The fraction of sp³-hybridized carbons (Fsp3) is 0.471. The Bertz CT molecular complexity index is 582. The van der Waals surface area contributed by atoms with Crippen molar-refractivity contribution in [2.24, 2.45) is 17.3 Å². The van der Waals surface area contributed by atoms with Crippen molar-refractivity contribution in [3.8, 4) is 0 Å². The van der Waals surface area contributed by atoms with E-state index < -0.39 is 41.4 Å². The number of carbonyl (C=O) groups is 3. The Balaban J connectivity index is 2.42. The molecule has 6 nitrogen and oxygen atoms in total. The summed E-state index contributed by atoms with van der Waals surface area (Å²) in [6.07, 6.45) is 0.432. The highest BCUT2D eigenvalue weighted by atomic mass is 16.6. The molecule has 1 heterocycles. The van der Waals surface area contributed by atoms with Gasteiger partial charge in [0.05, 0.1) is 17.4 Å². The normalized spacial score (nSPS) is 35.9. The average molecular weight is 320 g/mol. The molecule has 1 aliphatic heterocycles. The lowest BCUT2D eigenvalue weighted by Crippen LogP contribution is -2.52. The minimum Gasteiger partial charge on any atom is -0.461 e. The van der Waals surface area contributed by atoms with E-state index in [4.69, 9.17) is 9.47 Å². The molecule has 5 atom stereocenters. The van der Waals surface area contributed by atoms with E-state index in [1.807, 2.05) is 0 Å². The van der Waals surface area contributed by atoms with Gasteiger partial charge in [-0.2, -0.15) is 0 Å². The van der Waals surface area contributed by atoms with Crippen LogP contribution in [0.15, 0.2) is 37.0 Å². The molecule has 0 aromatic carbocycles. The lowest BCUT2D eigenvalue weighted by molar-refractivity contribution is -0.150. The van der Waals surface area contributed by atoms with Crippen LogP contribution in [0.25, 0.3) is 0 Å². The number of aldehydes is 1. The summed E-state index contributed by atoms with van der Waals surface area (Å²) in [7, 11) is 0. The molecule has 23 heavy (non-hydrogen) atoms. The Hall–Kier alpha value is -2.21. The van der Waals surface area contributed by atoms with E-state index in [0.717, 1.165) is 0 Å². The van der Waals surface area contributed by atoms with Crippen molar-refractivity contribution in [1.29, 1.82) is 0 Å². The number of aliphatic hydroxyl groups is 1. The lowest BCUT2D eigenvalue weighted by Gasteiger charge is -2.46. The zero-order valence-corrected chi connectivity index (χ0v) is 13.0. The molecule has 2 aliphatic rings. The molecule has 1 aliphatic carbocycles. The van der Waals surface area contributed by atoms with Gasteiger partial charge in [0.15, 0.2) is 0 Å². The molecular formula is C17H20O6. The highest BCUT2D eigenvalue weighted by molar-refractivity contribution is 5.91. The number of aliphatic hydroxyl groups excluding tert-OH is 1. The van der Waals surface area contributed by atoms with Gasteiger partial charge in [-0.15, -0.1) is 6.58 Å². The van der Waals surface area contributed by atoms with Crippen LogP contribution >= 0.6 is 0 Å². The van der Waals surface area contributed by atoms with Crippen molar-refractivity contribution in [3.05, 3.63) is 37.0 Å². The highest BCUT2D eigenvalue weighted by Crippen LogP contribution is 2.52. The van der Waals surface area contributed by atoms with Gasteiger partial charge in [0.25, 0.3) is 0 Å². The molecule has 0 unspecified atom stereocenters. The number of hydrogen-bond donors (Lipinski definition) is 1. The molecule has 0 bridgehead atoms.